The first-order valence-electron chi connectivity index (χ1n) is 6.31. The third-order valence-electron chi connectivity index (χ3n) is 2.87. The van der Waals surface area contributed by atoms with E-state index in [1.165, 1.54) is 0 Å². The maximum atomic E-state index is 12.3. The third-order valence-corrected chi connectivity index (χ3v) is 4.01. The Kier molecular flexibility index (Phi) is 6.20. The highest BCUT2D eigenvalue weighted by molar-refractivity contribution is 7.99. The standard InChI is InChI=1S/C14H20F3NOS/c1-13(2,19-3)8-9-18-11-6-4-5-7-12(11)20-10-14(15,16)17/h4-7,18H,8-10H2,1-3H3. The van der Waals surface area contributed by atoms with Crippen molar-refractivity contribution in [3.05, 3.63) is 24.3 Å². The predicted octanol–water partition coefficient (Wildman–Crippen LogP) is 4.57. The molecule has 0 aliphatic heterocycles. The summed E-state index contributed by atoms with van der Waals surface area (Å²) in [5.74, 6) is -0.880. The van der Waals surface area contributed by atoms with Crippen molar-refractivity contribution in [3.63, 3.8) is 0 Å². The Hall–Kier alpha value is -0.880. The van der Waals surface area contributed by atoms with Crippen LogP contribution < -0.4 is 5.32 Å². The third kappa shape index (κ3) is 6.52. The van der Waals surface area contributed by atoms with Crippen molar-refractivity contribution in [2.24, 2.45) is 0 Å². The molecular formula is C14H20F3NOS. The minimum absolute atomic E-state index is 0.249. The van der Waals surface area contributed by atoms with Crippen LogP contribution in [0.15, 0.2) is 29.2 Å². The molecule has 0 atom stereocenters. The Morgan fingerprint density at radius 2 is 1.85 bits per heavy atom. The van der Waals surface area contributed by atoms with E-state index in [9.17, 15) is 13.2 Å². The fourth-order valence-corrected chi connectivity index (χ4v) is 2.29. The van der Waals surface area contributed by atoms with Gasteiger partial charge in [-0.05, 0) is 32.4 Å². The second-order valence-electron chi connectivity index (χ2n) is 5.04. The molecule has 0 amide bonds. The molecule has 0 aliphatic rings. The highest BCUT2D eigenvalue weighted by atomic mass is 32.2. The summed E-state index contributed by atoms with van der Waals surface area (Å²) in [6.45, 7) is 4.59. The van der Waals surface area contributed by atoms with E-state index in [1.807, 2.05) is 13.8 Å². The second-order valence-corrected chi connectivity index (χ2v) is 6.06. The predicted molar refractivity (Wildman–Crippen MR) is 77.4 cm³/mol. The number of rotatable bonds is 7. The van der Waals surface area contributed by atoms with E-state index in [2.05, 4.69) is 5.32 Å². The first-order valence-corrected chi connectivity index (χ1v) is 7.30. The molecule has 0 aromatic heterocycles. The number of halogens is 3. The summed E-state index contributed by atoms with van der Waals surface area (Å²) in [5, 5.41) is 3.17. The van der Waals surface area contributed by atoms with Gasteiger partial charge in [0.25, 0.3) is 0 Å². The van der Waals surface area contributed by atoms with Gasteiger partial charge in [-0.2, -0.15) is 13.2 Å². The SMILES string of the molecule is COC(C)(C)CCNc1ccccc1SCC(F)(F)F. The zero-order valence-electron chi connectivity index (χ0n) is 11.9. The number of para-hydroxylation sites is 1. The Labute approximate surface area is 122 Å². The van der Waals surface area contributed by atoms with Crippen LogP contribution in [0.5, 0.6) is 0 Å². The number of hydrogen-bond donors (Lipinski definition) is 1. The van der Waals surface area contributed by atoms with E-state index in [0.717, 1.165) is 23.9 Å². The van der Waals surface area contributed by atoms with Crippen molar-refractivity contribution in [2.45, 2.75) is 36.9 Å². The lowest BCUT2D eigenvalue weighted by Gasteiger charge is -2.23. The number of benzene rings is 1. The fourth-order valence-electron chi connectivity index (χ4n) is 1.50. The smallest absolute Gasteiger partial charge is 0.384 e. The molecule has 0 unspecified atom stereocenters. The Morgan fingerprint density at radius 3 is 2.45 bits per heavy atom. The maximum absolute atomic E-state index is 12.3. The lowest BCUT2D eigenvalue weighted by molar-refractivity contribution is -0.105. The van der Waals surface area contributed by atoms with Crippen molar-refractivity contribution in [1.29, 1.82) is 0 Å². The fraction of sp³-hybridized carbons (Fsp3) is 0.571. The first-order chi connectivity index (χ1) is 9.23. The van der Waals surface area contributed by atoms with Gasteiger partial charge in [0.05, 0.1) is 11.4 Å². The number of ether oxygens (including phenoxy) is 1. The average Bonchev–Trinajstić information content (AvgIpc) is 2.36. The summed E-state index contributed by atoms with van der Waals surface area (Å²) in [6, 6.07) is 7.03. The lowest BCUT2D eigenvalue weighted by Crippen LogP contribution is -2.25. The number of nitrogens with one attached hydrogen (secondary N) is 1. The van der Waals surface area contributed by atoms with Crippen LogP contribution in [0.3, 0.4) is 0 Å². The molecule has 0 fully saturated rings. The van der Waals surface area contributed by atoms with Crippen LogP contribution in [-0.2, 0) is 4.74 Å². The summed E-state index contributed by atoms with van der Waals surface area (Å²) < 4.78 is 42.1. The molecule has 0 saturated heterocycles. The lowest BCUT2D eigenvalue weighted by atomic mass is 10.1. The first kappa shape index (κ1) is 17.2. The Morgan fingerprint density at radius 1 is 1.20 bits per heavy atom. The molecule has 114 valence electrons. The highest BCUT2D eigenvalue weighted by Gasteiger charge is 2.27. The number of hydrogen-bond acceptors (Lipinski definition) is 3. The van der Waals surface area contributed by atoms with Gasteiger partial charge in [-0.1, -0.05) is 12.1 Å². The van der Waals surface area contributed by atoms with Gasteiger partial charge < -0.3 is 10.1 Å². The Bertz CT molecular complexity index is 421. The molecule has 0 heterocycles. The minimum atomic E-state index is -4.16. The van der Waals surface area contributed by atoms with E-state index in [1.54, 1.807) is 31.4 Å². The van der Waals surface area contributed by atoms with Crippen LogP contribution in [0, 0.1) is 0 Å². The average molecular weight is 307 g/mol. The number of alkyl halides is 3. The van der Waals surface area contributed by atoms with Gasteiger partial charge in [0, 0.05) is 24.2 Å². The summed E-state index contributed by atoms with van der Waals surface area (Å²) in [4.78, 5) is 0.611. The van der Waals surface area contributed by atoms with E-state index in [0.29, 0.717) is 11.4 Å². The molecule has 0 bridgehead atoms. The van der Waals surface area contributed by atoms with Crippen molar-refractivity contribution >= 4 is 17.4 Å². The van der Waals surface area contributed by atoms with Crippen molar-refractivity contribution in [2.75, 3.05) is 24.7 Å². The molecule has 0 aliphatic carbocycles. The Balaban J connectivity index is 2.57. The van der Waals surface area contributed by atoms with Crippen molar-refractivity contribution in [3.8, 4) is 0 Å². The number of methoxy groups -OCH3 is 1. The molecule has 1 aromatic rings. The minimum Gasteiger partial charge on any atom is -0.384 e. The van der Waals surface area contributed by atoms with Crippen LogP contribution in [0.1, 0.15) is 20.3 Å². The normalized spacial score (nSPS) is 12.5. The molecule has 1 N–H and O–H groups in total. The maximum Gasteiger partial charge on any atom is 0.398 e. The van der Waals surface area contributed by atoms with Gasteiger partial charge in [-0.25, -0.2) is 0 Å². The van der Waals surface area contributed by atoms with Gasteiger partial charge >= 0.3 is 6.18 Å². The molecule has 6 heteroatoms. The molecular weight excluding hydrogens is 287 g/mol. The largest absolute Gasteiger partial charge is 0.398 e. The van der Waals surface area contributed by atoms with Gasteiger partial charge in [-0.15, -0.1) is 11.8 Å². The van der Waals surface area contributed by atoms with Crippen LogP contribution >= 0.6 is 11.8 Å². The monoisotopic (exact) mass is 307 g/mol. The summed E-state index contributed by atoms with van der Waals surface area (Å²) in [7, 11) is 1.65. The topological polar surface area (TPSA) is 21.3 Å². The second kappa shape index (κ2) is 7.22. The molecule has 0 saturated carbocycles. The summed E-state index contributed by atoms with van der Waals surface area (Å²) in [6.07, 6.45) is -3.39. The number of anilines is 1. The van der Waals surface area contributed by atoms with Crippen LogP contribution in [0.4, 0.5) is 18.9 Å². The summed E-state index contributed by atoms with van der Waals surface area (Å²) >= 11 is 0.799. The molecule has 2 nitrogen and oxygen atoms in total. The van der Waals surface area contributed by atoms with E-state index >= 15 is 0 Å². The molecule has 1 rings (SSSR count). The molecule has 20 heavy (non-hydrogen) atoms. The zero-order valence-corrected chi connectivity index (χ0v) is 12.7. The van der Waals surface area contributed by atoms with Crippen LogP contribution in [-0.4, -0.2) is 31.2 Å². The quantitative estimate of drug-likeness (QED) is 0.746. The van der Waals surface area contributed by atoms with Gasteiger partial charge in [0.15, 0.2) is 0 Å². The van der Waals surface area contributed by atoms with Crippen LogP contribution in [0.2, 0.25) is 0 Å². The van der Waals surface area contributed by atoms with Gasteiger partial charge in [-0.3, -0.25) is 0 Å². The molecule has 0 spiro atoms. The van der Waals surface area contributed by atoms with Gasteiger partial charge in [0.2, 0.25) is 0 Å². The van der Waals surface area contributed by atoms with Crippen LogP contribution in [0.25, 0.3) is 0 Å². The van der Waals surface area contributed by atoms with Crippen molar-refractivity contribution < 1.29 is 17.9 Å². The molecule has 0 radical (unpaired) electrons. The van der Waals surface area contributed by atoms with E-state index < -0.39 is 11.9 Å². The van der Waals surface area contributed by atoms with E-state index in [-0.39, 0.29) is 5.60 Å². The van der Waals surface area contributed by atoms with Gasteiger partial charge in [0.1, 0.15) is 0 Å². The van der Waals surface area contributed by atoms with Crippen molar-refractivity contribution in [1.82, 2.24) is 0 Å². The number of thioether (sulfide) groups is 1. The highest BCUT2D eigenvalue weighted by Crippen LogP contribution is 2.32. The van der Waals surface area contributed by atoms with E-state index in [4.69, 9.17) is 4.74 Å². The zero-order chi connectivity index (χ0) is 15.2. The summed E-state index contributed by atoms with van der Waals surface area (Å²) in [5.41, 5.74) is 0.481. The molecule has 1 aromatic carbocycles.